The molecule has 2 aliphatic rings. The zero-order valence-corrected chi connectivity index (χ0v) is 18.9. The van der Waals surface area contributed by atoms with E-state index in [0.29, 0.717) is 44.2 Å². The Morgan fingerprint density at radius 3 is 2.88 bits per heavy atom. The first-order valence-electron chi connectivity index (χ1n) is 10.2. The first kappa shape index (κ1) is 21.4. The number of thiazole rings is 1. The van der Waals surface area contributed by atoms with Crippen molar-refractivity contribution >= 4 is 51.5 Å². The van der Waals surface area contributed by atoms with E-state index in [1.165, 1.54) is 11.3 Å². The Bertz CT molecular complexity index is 1260. The van der Waals surface area contributed by atoms with Crippen LogP contribution in [0.5, 0.6) is 11.5 Å². The number of fused-ring (bicyclic) bond motifs is 2. The third-order valence-electron chi connectivity index (χ3n) is 5.00. The van der Waals surface area contributed by atoms with E-state index in [9.17, 15) is 14.4 Å². The maximum atomic E-state index is 12.9. The predicted molar refractivity (Wildman–Crippen MR) is 123 cm³/mol. The van der Waals surface area contributed by atoms with Crippen molar-refractivity contribution in [3.8, 4) is 11.5 Å². The molecule has 168 valence electrons. The van der Waals surface area contributed by atoms with Crippen molar-refractivity contribution in [1.29, 1.82) is 0 Å². The second-order valence-electron chi connectivity index (χ2n) is 7.29. The zero-order chi connectivity index (χ0) is 22.8. The second kappa shape index (κ2) is 9.20. The molecule has 33 heavy (non-hydrogen) atoms. The number of carbonyl (C=O) groups is 3. The number of ether oxygens (including phenoxy) is 2. The van der Waals surface area contributed by atoms with Crippen LogP contribution in [0.25, 0.3) is 0 Å². The molecule has 0 saturated carbocycles. The summed E-state index contributed by atoms with van der Waals surface area (Å²) in [6.07, 6.45) is 3.59. The highest BCUT2D eigenvalue weighted by molar-refractivity contribution is 8.00. The zero-order valence-electron chi connectivity index (χ0n) is 17.3. The fraction of sp³-hybridized carbons (Fsp3) is 0.227. The number of rotatable bonds is 6. The predicted octanol–water partition coefficient (Wildman–Crippen LogP) is 3.77. The molecule has 0 fully saturated rings. The fourth-order valence-electron chi connectivity index (χ4n) is 3.47. The van der Waals surface area contributed by atoms with Gasteiger partial charge in [0.25, 0.3) is 5.91 Å². The SMILES string of the molecule is O=C(CSc1ncccc1C(=O)Nc1nc2c(s1)C(=O)CCC2)Nc1ccc2c(c1)OCO2. The van der Waals surface area contributed by atoms with E-state index in [-0.39, 0.29) is 30.1 Å². The number of hydrogen-bond acceptors (Lipinski definition) is 9. The Labute approximate surface area is 196 Å². The fourth-order valence-corrected chi connectivity index (χ4v) is 5.24. The normalized spacial score (nSPS) is 14.0. The highest BCUT2D eigenvalue weighted by Crippen LogP contribution is 2.34. The third-order valence-corrected chi connectivity index (χ3v) is 7.06. The summed E-state index contributed by atoms with van der Waals surface area (Å²) >= 11 is 2.35. The molecule has 0 saturated heterocycles. The van der Waals surface area contributed by atoms with Crippen molar-refractivity contribution in [2.24, 2.45) is 0 Å². The summed E-state index contributed by atoms with van der Waals surface area (Å²) in [5.74, 6) is 0.709. The Morgan fingerprint density at radius 2 is 2.00 bits per heavy atom. The molecule has 3 aromatic rings. The quantitative estimate of drug-likeness (QED) is 0.510. The lowest BCUT2D eigenvalue weighted by Gasteiger charge is -2.08. The van der Waals surface area contributed by atoms with Crippen LogP contribution in [0.3, 0.4) is 0 Å². The number of ketones is 1. The van der Waals surface area contributed by atoms with E-state index in [2.05, 4.69) is 20.6 Å². The van der Waals surface area contributed by atoms with Gasteiger partial charge in [-0.15, -0.1) is 0 Å². The highest BCUT2D eigenvalue weighted by Gasteiger charge is 2.24. The molecule has 0 atom stereocenters. The number of nitrogens with one attached hydrogen (secondary N) is 2. The van der Waals surface area contributed by atoms with Crippen LogP contribution >= 0.6 is 23.1 Å². The van der Waals surface area contributed by atoms with Gasteiger partial charge in [-0.1, -0.05) is 23.1 Å². The van der Waals surface area contributed by atoms with Crippen LogP contribution in [0.15, 0.2) is 41.6 Å². The number of amides is 2. The maximum Gasteiger partial charge on any atom is 0.260 e. The van der Waals surface area contributed by atoms with Crippen molar-refractivity contribution < 1.29 is 23.9 Å². The highest BCUT2D eigenvalue weighted by atomic mass is 32.2. The Morgan fingerprint density at radius 1 is 1.12 bits per heavy atom. The van der Waals surface area contributed by atoms with Gasteiger partial charge in [-0.2, -0.15) is 0 Å². The summed E-state index contributed by atoms with van der Waals surface area (Å²) in [6.45, 7) is 0.160. The van der Waals surface area contributed by atoms with E-state index in [1.807, 2.05) is 0 Å². The number of nitrogens with zero attached hydrogens (tertiary/aromatic N) is 2. The van der Waals surface area contributed by atoms with Crippen LogP contribution in [0, 0.1) is 0 Å². The number of benzene rings is 1. The van der Waals surface area contributed by atoms with Crippen molar-refractivity contribution in [2.45, 2.75) is 24.3 Å². The van der Waals surface area contributed by atoms with E-state index >= 15 is 0 Å². The number of carbonyl (C=O) groups excluding carboxylic acids is 3. The lowest BCUT2D eigenvalue weighted by atomic mass is 10.0. The number of anilines is 2. The molecule has 2 aromatic heterocycles. The molecule has 1 aromatic carbocycles. The van der Waals surface area contributed by atoms with Crippen LogP contribution < -0.4 is 20.1 Å². The maximum absolute atomic E-state index is 12.9. The number of aromatic nitrogens is 2. The molecule has 0 unspecified atom stereocenters. The summed E-state index contributed by atoms with van der Waals surface area (Å²) in [6, 6.07) is 8.45. The molecule has 2 N–H and O–H groups in total. The minimum atomic E-state index is -0.389. The molecule has 11 heteroatoms. The minimum Gasteiger partial charge on any atom is -0.454 e. The lowest BCUT2D eigenvalue weighted by Crippen LogP contribution is -2.16. The van der Waals surface area contributed by atoms with Gasteiger partial charge in [0.1, 0.15) is 5.03 Å². The third kappa shape index (κ3) is 4.69. The summed E-state index contributed by atoms with van der Waals surface area (Å²) in [5, 5.41) is 6.38. The van der Waals surface area contributed by atoms with Gasteiger partial charge >= 0.3 is 0 Å². The molecular weight excluding hydrogens is 464 g/mol. The number of pyridine rings is 1. The largest absolute Gasteiger partial charge is 0.454 e. The van der Waals surface area contributed by atoms with Crippen molar-refractivity contribution in [3.63, 3.8) is 0 Å². The lowest BCUT2D eigenvalue weighted by molar-refractivity contribution is -0.113. The molecule has 0 radical (unpaired) electrons. The molecule has 9 nitrogen and oxygen atoms in total. The van der Waals surface area contributed by atoms with Gasteiger partial charge in [0, 0.05) is 24.4 Å². The standard InChI is InChI=1S/C22H18N4O5S2/c27-15-5-1-4-14-19(15)33-22(25-14)26-20(29)13-3-2-8-23-21(13)32-10-18(28)24-12-6-7-16-17(9-12)31-11-30-16/h2-3,6-9H,1,4-5,10-11H2,(H,24,28)(H,25,26,29). The molecule has 1 aliphatic heterocycles. The number of Topliss-reactive ketones (excluding diaryl/α,β-unsaturated/α-hetero) is 1. The van der Waals surface area contributed by atoms with Crippen molar-refractivity contribution in [2.75, 3.05) is 23.2 Å². The monoisotopic (exact) mass is 482 g/mol. The number of hydrogen-bond donors (Lipinski definition) is 2. The van der Waals surface area contributed by atoms with E-state index in [1.54, 1.807) is 36.5 Å². The van der Waals surface area contributed by atoms with E-state index in [4.69, 9.17) is 9.47 Å². The molecule has 0 bridgehead atoms. The average molecular weight is 483 g/mol. The van der Waals surface area contributed by atoms with Gasteiger partial charge in [0.2, 0.25) is 12.7 Å². The Balaban J connectivity index is 1.23. The van der Waals surface area contributed by atoms with Crippen molar-refractivity contribution in [1.82, 2.24) is 9.97 Å². The number of aryl methyl sites for hydroxylation is 1. The smallest absolute Gasteiger partial charge is 0.260 e. The van der Waals surface area contributed by atoms with Gasteiger partial charge in [0.15, 0.2) is 22.4 Å². The average Bonchev–Trinajstić information content (AvgIpc) is 3.45. The molecule has 3 heterocycles. The summed E-state index contributed by atoms with van der Waals surface area (Å²) in [7, 11) is 0. The summed E-state index contributed by atoms with van der Waals surface area (Å²) < 4.78 is 10.6. The van der Waals surface area contributed by atoms with Crippen LogP contribution in [-0.2, 0) is 11.2 Å². The molecule has 2 amide bonds. The summed E-state index contributed by atoms with van der Waals surface area (Å²) in [4.78, 5) is 46.6. The first-order chi connectivity index (χ1) is 16.1. The Hall–Kier alpha value is -3.44. The van der Waals surface area contributed by atoms with Gasteiger partial charge in [-0.05, 0) is 37.1 Å². The van der Waals surface area contributed by atoms with Crippen molar-refractivity contribution in [3.05, 3.63) is 52.7 Å². The summed E-state index contributed by atoms with van der Waals surface area (Å²) in [5.41, 5.74) is 1.66. The molecule has 0 spiro atoms. The molecular formula is C22H18N4O5S2. The van der Waals surface area contributed by atoms with Crippen LogP contribution in [0.1, 0.15) is 38.6 Å². The first-order valence-corrected chi connectivity index (χ1v) is 12.0. The van der Waals surface area contributed by atoms with Gasteiger partial charge < -0.3 is 14.8 Å². The van der Waals surface area contributed by atoms with Crippen LogP contribution in [0.2, 0.25) is 0 Å². The van der Waals surface area contributed by atoms with Gasteiger partial charge in [-0.25, -0.2) is 9.97 Å². The van der Waals surface area contributed by atoms with E-state index < -0.39 is 0 Å². The van der Waals surface area contributed by atoms with E-state index in [0.717, 1.165) is 30.3 Å². The van der Waals surface area contributed by atoms with Gasteiger partial charge in [-0.3, -0.25) is 19.7 Å². The Kier molecular flexibility index (Phi) is 5.97. The topological polar surface area (TPSA) is 120 Å². The minimum absolute atomic E-state index is 0.0613. The molecule has 5 rings (SSSR count). The number of thioether (sulfide) groups is 1. The van der Waals surface area contributed by atoms with Gasteiger partial charge in [0.05, 0.1) is 21.9 Å². The molecule has 1 aliphatic carbocycles. The van der Waals surface area contributed by atoms with Crippen LogP contribution in [0.4, 0.5) is 10.8 Å². The van der Waals surface area contributed by atoms with Crippen LogP contribution in [-0.4, -0.2) is 40.1 Å². The second-order valence-corrected chi connectivity index (χ2v) is 9.25.